The Morgan fingerprint density at radius 3 is 2.69 bits per heavy atom. The second kappa shape index (κ2) is 4.32. The van der Waals surface area contributed by atoms with Gasteiger partial charge in [-0.3, -0.25) is 5.84 Å². The maximum atomic E-state index is 5.62. The zero-order valence-electron chi connectivity index (χ0n) is 9.56. The first kappa shape index (κ1) is 11.3. The number of hydrazine groups is 1. The van der Waals surface area contributed by atoms with E-state index in [0.717, 1.165) is 21.4 Å². The fourth-order valence-electron chi connectivity index (χ4n) is 1.74. The second-order valence-corrected chi connectivity index (χ2v) is 4.91. The summed E-state index contributed by atoms with van der Waals surface area (Å²) in [4.78, 5) is 9.84. The Labute approximate surface area is 98.3 Å². The molecule has 1 atom stereocenters. The van der Waals surface area contributed by atoms with Crippen LogP contribution in [0.4, 0.5) is 0 Å². The molecule has 2 heterocycles. The molecule has 16 heavy (non-hydrogen) atoms. The normalized spacial score (nSPS) is 13.0. The third kappa shape index (κ3) is 1.87. The van der Waals surface area contributed by atoms with Gasteiger partial charge in [-0.15, -0.1) is 11.3 Å². The van der Waals surface area contributed by atoms with Crippen LogP contribution in [-0.2, 0) is 7.05 Å². The van der Waals surface area contributed by atoms with Crippen LogP contribution >= 0.6 is 11.3 Å². The number of nitrogens with one attached hydrogen (secondary N) is 1. The van der Waals surface area contributed by atoms with Gasteiger partial charge in [0.25, 0.3) is 0 Å². The average molecular weight is 237 g/mol. The minimum atomic E-state index is -0.0915. The number of aromatic nitrogens is 3. The van der Waals surface area contributed by atoms with Crippen LogP contribution in [0.15, 0.2) is 12.4 Å². The Kier molecular flexibility index (Phi) is 3.04. The van der Waals surface area contributed by atoms with Crippen LogP contribution < -0.4 is 11.3 Å². The Morgan fingerprint density at radius 2 is 2.25 bits per heavy atom. The quantitative estimate of drug-likeness (QED) is 0.618. The fraction of sp³-hybridized carbons (Fsp3) is 0.400. The minimum Gasteiger partial charge on any atom is -0.336 e. The SMILES string of the molecule is Cc1nc(C)c(C(NN)c2nccn2C)s1. The zero-order valence-corrected chi connectivity index (χ0v) is 10.4. The summed E-state index contributed by atoms with van der Waals surface area (Å²) in [6.45, 7) is 3.99. The van der Waals surface area contributed by atoms with Crippen molar-refractivity contribution in [2.75, 3.05) is 0 Å². The number of thiazole rings is 1. The van der Waals surface area contributed by atoms with Crippen LogP contribution in [0, 0.1) is 13.8 Å². The number of imidazole rings is 1. The van der Waals surface area contributed by atoms with Crippen molar-refractivity contribution in [2.24, 2.45) is 12.9 Å². The number of rotatable bonds is 3. The van der Waals surface area contributed by atoms with Crippen LogP contribution in [0.3, 0.4) is 0 Å². The summed E-state index contributed by atoms with van der Waals surface area (Å²) < 4.78 is 1.96. The van der Waals surface area contributed by atoms with Crippen LogP contribution in [0.2, 0.25) is 0 Å². The Balaban J connectivity index is 2.44. The molecule has 0 saturated heterocycles. The highest BCUT2D eigenvalue weighted by Crippen LogP contribution is 2.28. The molecule has 6 heteroatoms. The lowest BCUT2D eigenvalue weighted by atomic mass is 10.2. The molecule has 2 rings (SSSR count). The lowest BCUT2D eigenvalue weighted by molar-refractivity contribution is 0.584. The van der Waals surface area contributed by atoms with E-state index in [1.54, 1.807) is 17.5 Å². The van der Waals surface area contributed by atoms with Crippen molar-refractivity contribution in [3.63, 3.8) is 0 Å². The van der Waals surface area contributed by atoms with Crippen molar-refractivity contribution in [1.82, 2.24) is 20.0 Å². The summed E-state index contributed by atoms with van der Waals surface area (Å²) in [5.74, 6) is 6.52. The van der Waals surface area contributed by atoms with Gasteiger partial charge in [0.2, 0.25) is 0 Å². The molecule has 0 spiro atoms. The topological polar surface area (TPSA) is 68.8 Å². The van der Waals surface area contributed by atoms with E-state index in [4.69, 9.17) is 5.84 Å². The third-order valence-electron chi connectivity index (χ3n) is 2.48. The van der Waals surface area contributed by atoms with Gasteiger partial charge in [0.05, 0.1) is 15.6 Å². The summed E-state index contributed by atoms with van der Waals surface area (Å²) in [6, 6.07) is -0.0915. The molecule has 86 valence electrons. The van der Waals surface area contributed by atoms with Gasteiger partial charge < -0.3 is 4.57 Å². The van der Waals surface area contributed by atoms with E-state index in [-0.39, 0.29) is 6.04 Å². The molecule has 0 radical (unpaired) electrons. The van der Waals surface area contributed by atoms with E-state index in [9.17, 15) is 0 Å². The number of nitrogens with two attached hydrogens (primary N) is 1. The van der Waals surface area contributed by atoms with Crippen LogP contribution in [0.1, 0.15) is 27.4 Å². The third-order valence-corrected chi connectivity index (χ3v) is 3.62. The van der Waals surface area contributed by atoms with Gasteiger partial charge in [-0.05, 0) is 13.8 Å². The molecule has 0 aromatic carbocycles. The Bertz CT molecular complexity index is 487. The van der Waals surface area contributed by atoms with Gasteiger partial charge in [-0.25, -0.2) is 15.4 Å². The molecule has 0 fully saturated rings. The number of aryl methyl sites for hydroxylation is 3. The standard InChI is InChI=1S/C10H15N5S/c1-6-9(16-7(2)13-6)8(14-11)10-12-4-5-15(10)3/h4-5,8,14H,11H2,1-3H3. The lowest BCUT2D eigenvalue weighted by Gasteiger charge is -2.14. The van der Waals surface area contributed by atoms with Gasteiger partial charge in [0.1, 0.15) is 11.9 Å². The average Bonchev–Trinajstić information content (AvgIpc) is 2.77. The van der Waals surface area contributed by atoms with E-state index in [2.05, 4.69) is 15.4 Å². The molecule has 1 unspecified atom stereocenters. The molecule has 3 N–H and O–H groups in total. The molecule has 0 saturated carbocycles. The summed E-state index contributed by atoms with van der Waals surface area (Å²) in [5.41, 5.74) is 3.81. The largest absolute Gasteiger partial charge is 0.336 e. The maximum absolute atomic E-state index is 5.62. The van der Waals surface area contributed by atoms with Gasteiger partial charge in [-0.2, -0.15) is 0 Å². The predicted molar refractivity (Wildman–Crippen MR) is 64.0 cm³/mol. The highest BCUT2D eigenvalue weighted by molar-refractivity contribution is 7.11. The number of hydrogen-bond acceptors (Lipinski definition) is 5. The second-order valence-electron chi connectivity index (χ2n) is 3.68. The van der Waals surface area contributed by atoms with Gasteiger partial charge in [0.15, 0.2) is 0 Å². The first-order valence-corrected chi connectivity index (χ1v) is 5.82. The minimum absolute atomic E-state index is 0.0915. The van der Waals surface area contributed by atoms with E-state index in [1.807, 2.05) is 31.7 Å². The highest BCUT2D eigenvalue weighted by atomic mass is 32.1. The van der Waals surface area contributed by atoms with Crippen molar-refractivity contribution in [3.05, 3.63) is 33.8 Å². The Hall–Kier alpha value is -1.24. The van der Waals surface area contributed by atoms with Crippen LogP contribution in [0.5, 0.6) is 0 Å². The molecule has 0 aliphatic carbocycles. The van der Waals surface area contributed by atoms with Crippen molar-refractivity contribution < 1.29 is 0 Å². The first-order chi connectivity index (χ1) is 7.63. The highest BCUT2D eigenvalue weighted by Gasteiger charge is 2.21. The molecular weight excluding hydrogens is 222 g/mol. The monoisotopic (exact) mass is 237 g/mol. The number of hydrogen-bond donors (Lipinski definition) is 2. The van der Waals surface area contributed by atoms with Crippen LogP contribution in [-0.4, -0.2) is 14.5 Å². The van der Waals surface area contributed by atoms with Crippen molar-refractivity contribution >= 4 is 11.3 Å². The van der Waals surface area contributed by atoms with Crippen molar-refractivity contribution in [3.8, 4) is 0 Å². The smallest absolute Gasteiger partial charge is 0.132 e. The van der Waals surface area contributed by atoms with Crippen LogP contribution in [0.25, 0.3) is 0 Å². The lowest BCUT2D eigenvalue weighted by Crippen LogP contribution is -2.30. The van der Waals surface area contributed by atoms with Crippen molar-refractivity contribution in [2.45, 2.75) is 19.9 Å². The molecule has 2 aromatic rings. The van der Waals surface area contributed by atoms with Gasteiger partial charge in [-0.1, -0.05) is 0 Å². The van der Waals surface area contributed by atoms with Gasteiger partial charge >= 0.3 is 0 Å². The Morgan fingerprint density at radius 1 is 1.50 bits per heavy atom. The molecule has 2 aromatic heterocycles. The molecular formula is C10H15N5S. The fourth-order valence-corrected chi connectivity index (χ4v) is 2.72. The molecule has 0 aliphatic rings. The van der Waals surface area contributed by atoms with E-state index >= 15 is 0 Å². The molecule has 5 nitrogen and oxygen atoms in total. The predicted octanol–water partition coefficient (Wildman–Crippen LogP) is 1.05. The maximum Gasteiger partial charge on any atom is 0.132 e. The molecule has 0 aliphatic heterocycles. The van der Waals surface area contributed by atoms with E-state index in [0.29, 0.717) is 0 Å². The summed E-state index contributed by atoms with van der Waals surface area (Å²) >= 11 is 1.65. The van der Waals surface area contributed by atoms with E-state index in [1.165, 1.54) is 0 Å². The summed E-state index contributed by atoms with van der Waals surface area (Å²) in [5, 5.41) is 1.04. The summed E-state index contributed by atoms with van der Waals surface area (Å²) in [7, 11) is 1.95. The van der Waals surface area contributed by atoms with Gasteiger partial charge in [0, 0.05) is 19.4 Å². The zero-order chi connectivity index (χ0) is 11.7. The van der Waals surface area contributed by atoms with Crippen molar-refractivity contribution in [1.29, 1.82) is 0 Å². The summed E-state index contributed by atoms with van der Waals surface area (Å²) in [6.07, 6.45) is 3.67. The molecule has 0 bridgehead atoms. The molecule has 0 amide bonds. The number of nitrogens with zero attached hydrogens (tertiary/aromatic N) is 3. The van der Waals surface area contributed by atoms with E-state index < -0.39 is 0 Å². The first-order valence-electron chi connectivity index (χ1n) is 5.00.